The number of anilines is 1. The minimum atomic E-state index is -0.754. The number of fused-ring (bicyclic) bond motifs is 1. The predicted octanol–water partition coefficient (Wildman–Crippen LogP) is 3.48. The summed E-state index contributed by atoms with van der Waals surface area (Å²) in [7, 11) is 1.83. The maximum Gasteiger partial charge on any atom is 0.370 e. The Morgan fingerprint density at radius 3 is 2.52 bits per heavy atom. The number of hydrogen-bond acceptors (Lipinski definition) is 7. The van der Waals surface area contributed by atoms with Crippen LogP contribution in [0.4, 0.5) is 22.9 Å². The molecule has 2 heterocycles. The number of rotatable bonds is 3. The number of benzene rings is 1. The summed E-state index contributed by atoms with van der Waals surface area (Å²) in [6, 6.07) is 9.55. The van der Waals surface area contributed by atoms with Gasteiger partial charge in [-0.1, -0.05) is 12.1 Å². The summed E-state index contributed by atoms with van der Waals surface area (Å²) < 4.78 is 0. The molecule has 0 radical (unpaired) electrons. The molecule has 3 rings (SSSR count). The molecule has 0 fully saturated rings. The van der Waals surface area contributed by atoms with Gasteiger partial charge in [-0.15, -0.1) is 0 Å². The summed E-state index contributed by atoms with van der Waals surface area (Å²) in [5, 5.41) is 22.0. The molecule has 0 bridgehead atoms. The first-order chi connectivity index (χ1) is 11.9. The Hall–Kier alpha value is -3.62. The van der Waals surface area contributed by atoms with Crippen molar-refractivity contribution in [1.82, 2.24) is 4.98 Å². The van der Waals surface area contributed by atoms with Gasteiger partial charge in [0.2, 0.25) is 0 Å². The second-order valence-electron chi connectivity index (χ2n) is 5.40. The SMILES string of the molecule is CC1=Nc2ccccc2N(C)C1=Cc1cc([N+](=O)[O-])cc([N+](=O)[O-])n1. The number of pyridine rings is 1. The first-order valence-electron chi connectivity index (χ1n) is 7.28. The number of aliphatic imine (C=N–C) groups is 1. The average molecular weight is 339 g/mol. The smallest absolute Gasteiger partial charge is 0.358 e. The molecule has 0 N–H and O–H groups in total. The minimum Gasteiger partial charge on any atom is -0.358 e. The van der Waals surface area contributed by atoms with Crippen molar-refractivity contribution < 1.29 is 9.85 Å². The molecule has 0 saturated heterocycles. The lowest BCUT2D eigenvalue weighted by Crippen LogP contribution is -2.24. The molecule has 1 aliphatic rings. The van der Waals surface area contributed by atoms with Gasteiger partial charge in [0.1, 0.15) is 6.07 Å². The van der Waals surface area contributed by atoms with Crippen molar-refractivity contribution in [3.8, 4) is 0 Å². The Kier molecular flexibility index (Phi) is 3.97. The van der Waals surface area contributed by atoms with E-state index in [0.29, 0.717) is 11.4 Å². The zero-order chi connectivity index (χ0) is 18.1. The molecule has 25 heavy (non-hydrogen) atoms. The highest BCUT2D eigenvalue weighted by molar-refractivity contribution is 6.09. The van der Waals surface area contributed by atoms with Gasteiger partial charge < -0.3 is 15.0 Å². The first kappa shape index (κ1) is 16.2. The van der Waals surface area contributed by atoms with E-state index in [1.807, 2.05) is 36.2 Å². The Balaban J connectivity index is 2.12. The Labute approximate surface area is 142 Å². The molecule has 0 unspecified atom stereocenters. The highest BCUT2D eigenvalue weighted by Crippen LogP contribution is 2.35. The number of nitrogens with zero attached hydrogens (tertiary/aromatic N) is 5. The molecule has 1 aromatic carbocycles. The topological polar surface area (TPSA) is 115 Å². The summed E-state index contributed by atoms with van der Waals surface area (Å²) in [6.45, 7) is 1.80. The molecule has 9 nitrogen and oxygen atoms in total. The second kappa shape index (κ2) is 6.11. The van der Waals surface area contributed by atoms with Crippen LogP contribution in [0, 0.1) is 20.2 Å². The Morgan fingerprint density at radius 2 is 1.84 bits per heavy atom. The van der Waals surface area contributed by atoms with Crippen molar-refractivity contribution in [2.45, 2.75) is 6.92 Å². The summed E-state index contributed by atoms with van der Waals surface area (Å²) in [4.78, 5) is 30.8. The van der Waals surface area contributed by atoms with Crippen molar-refractivity contribution >= 4 is 34.7 Å². The maximum atomic E-state index is 11.0. The van der Waals surface area contributed by atoms with E-state index in [4.69, 9.17) is 0 Å². The molecule has 9 heteroatoms. The summed E-state index contributed by atoms with van der Waals surface area (Å²) in [5.74, 6) is -0.575. The zero-order valence-corrected chi connectivity index (χ0v) is 13.4. The minimum absolute atomic E-state index is 0.122. The molecule has 0 atom stereocenters. The van der Waals surface area contributed by atoms with Gasteiger partial charge in [-0.05, 0) is 29.0 Å². The van der Waals surface area contributed by atoms with Crippen molar-refractivity contribution in [2.24, 2.45) is 4.99 Å². The third-order valence-electron chi connectivity index (χ3n) is 3.76. The van der Waals surface area contributed by atoms with Crippen molar-refractivity contribution in [3.05, 3.63) is 68.0 Å². The molecular weight excluding hydrogens is 326 g/mol. The van der Waals surface area contributed by atoms with E-state index >= 15 is 0 Å². The van der Waals surface area contributed by atoms with Gasteiger partial charge >= 0.3 is 5.82 Å². The maximum absolute atomic E-state index is 11.0. The monoisotopic (exact) mass is 339 g/mol. The molecule has 1 aromatic heterocycles. The van der Waals surface area contributed by atoms with Crippen LogP contribution in [0.2, 0.25) is 0 Å². The van der Waals surface area contributed by atoms with Gasteiger partial charge in [0.05, 0.1) is 33.8 Å². The highest BCUT2D eigenvalue weighted by atomic mass is 16.6. The fourth-order valence-electron chi connectivity index (χ4n) is 2.59. The molecular formula is C16H13N5O4. The Morgan fingerprint density at radius 1 is 1.12 bits per heavy atom. The fourth-order valence-corrected chi connectivity index (χ4v) is 2.59. The van der Waals surface area contributed by atoms with Crippen LogP contribution < -0.4 is 4.90 Å². The molecule has 0 amide bonds. The van der Waals surface area contributed by atoms with Gasteiger partial charge in [0.25, 0.3) is 5.69 Å². The number of aromatic nitrogens is 1. The number of para-hydroxylation sites is 2. The molecule has 126 valence electrons. The number of hydrogen-bond donors (Lipinski definition) is 0. The lowest BCUT2D eigenvalue weighted by atomic mass is 10.1. The summed E-state index contributed by atoms with van der Waals surface area (Å²) >= 11 is 0. The van der Waals surface area contributed by atoms with E-state index in [1.54, 1.807) is 13.0 Å². The van der Waals surface area contributed by atoms with Crippen molar-refractivity contribution in [1.29, 1.82) is 0 Å². The van der Waals surface area contributed by atoms with E-state index in [0.717, 1.165) is 17.4 Å². The van der Waals surface area contributed by atoms with Crippen LogP contribution in [0.3, 0.4) is 0 Å². The van der Waals surface area contributed by atoms with Crippen molar-refractivity contribution in [2.75, 3.05) is 11.9 Å². The Bertz CT molecular complexity index is 919. The van der Waals surface area contributed by atoms with E-state index in [2.05, 4.69) is 9.98 Å². The van der Waals surface area contributed by atoms with Crippen LogP contribution in [-0.2, 0) is 0 Å². The lowest BCUT2D eigenvalue weighted by Gasteiger charge is -2.28. The van der Waals surface area contributed by atoms with Crippen LogP contribution in [0.25, 0.3) is 6.08 Å². The molecule has 1 aliphatic heterocycles. The first-order valence-corrected chi connectivity index (χ1v) is 7.28. The van der Waals surface area contributed by atoms with E-state index in [-0.39, 0.29) is 11.4 Å². The highest BCUT2D eigenvalue weighted by Gasteiger charge is 2.23. The molecule has 2 aromatic rings. The number of nitro groups is 2. The van der Waals surface area contributed by atoms with E-state index < -0.39 is 15.7 Å². The van der Waals surface area contributed by atoms with Gasteiger partial charge in [-0.2, -0.15) is 0 Å². The van der Waals surface area contributed by atoms with Crippen LogP contribution in [0.5, 0.6) is 0 Å². The molecule has 0 saturated carbocycles. The fraction of sp³-hybridized carbons (Fsp3) is 0.125. The summed E-state index contributed by atoms with van der Waals surface area (Å²) in [5.41, 5.74) is 2.73. The normalized spacial score (nSPS) is 14.9. The zero-order valence-electron chi connectivity index (χ0n) is 13.4. The lowest BCUT2D eigenvalue weighted by molar-refractivity contribution is -0.397. The third kappa shape index (κ3) is 3.07. The standard InChI is InChI=1S/C16H13N5O4/c1-10-15(19(2)14-6-4-3-5-13(14)17-10)8-11-7-12(20(22)23)9-16(18-11)21(24)25/h3-9H,1-2H3. The third-order valence-corrected chi connectivity index (χ3v) is 3.76. The van der Waals surface area contributed by atoms with Crippen LogP contribution in [0.1, 0.15) is 12.6 Å². The van der Waals surface area contributed by atoms with Gasteiger partial charge in [0.15, 0.2) is 5.69 Å². The van der Waals surface area contributed by atoms with Gasteiger partial charge in [-0.25, -0.2) is 4.99 Å². The average Bonchev–Trinajstić information content (AvgIpc) is 2.58. The summed E-state index contributed by atoms with van der Waals surface area (Å²) in [6.07, 6.45) is 1.55. The van der Waals surface area contributed by atoms with Crippen LogP contribution in [-0.4, -0.2) is 27.6 Å². The van der Waals surface area contributed by atoms with Gasteiger partial charge in [0, 0.05) is 13.1 Å². The van der Waals surface area contributed by atoms with E-state index in [1.165, 1.54) is 6.07 Å². The second-order valence-corrected chi connectivity index (χ2v) is 5.40. The number of allylic oxidation sites excluding steroid dienone is 1. The van der Waals surface area contributed by atoms with Crippen LogP contribution in [0.15, 0.2) is 47.1 Å². The quantitative estimate of drug-likeness (QED) is 0.624. The van der Waals surface area contributed by atoms with Crippen LogP contribution >= 0.6 is 0 Å². The van der Waals surface area contributed by atoms with E-state index in [9.17, 15) is 20.2 Å². The molecule has 0 spiro atoms. The largest absolute Gasteiger partial charge is 0.370 e. The predicted molar refractivity (Wildman–Crippen MR) is 93.1 cm³/mol. The van der Waals surface area contributed by atoms with Crippen molar-refractivity contribution in [3.63, 3.8) is 0 Å². The molecule has 0 aliphatic carbocycles. The van der Waals surface area contributed by atoms with Gasteiger partial charge in [-0.3, -0.25) is 10.1 Å².